The smallest absolute Gasteiger partial charge is 0.317 e. The van der Waals surface area contributed by atoms with E-state index >= 15 is 0 Å². The number of rotatable bonds is 4. The summed E-state index contributed by atoms with van der Waals surface area (Å²) in [5.41, 5.74) is 5.42. The van der Waals surface area contributed by atoms with Gasteiger partial charge in [0.25, 0.3) is 6.43 Å². The molecule has 0 aliphatic carbocycles. The van der Waals surface area contributed by atoms with Gasteiger partial charge >= 0.3 is 6.03 Å². The van der Waals surface area contributed by atoms with Crippen molar-refractivity contribution in [3.8, 4) is 5.88 Å². The zero-order chi connectivity index (χ0) is 13.1. The van der Waals surface area contributed by atoms with Crippen molar-refractivity contribution in [2.45, 2.75) is 6.43 Å². The first kappa shape index (κ1) is 12.0. The molecule has 0 spiro atoms. The van der Waals surface area contributed by atoms with Gasteiger partial charge in [-0.25, -0.2) is 18.6 Å². The molecule has 4 N–H and O–H groups in total. The molecule has 0 saturated heterocycles. The second-order valence-electron chi connectivity index (χ2n) is 3.34. The van der Waals surface area contributed by atoms with Crippen LogP contribution < -0.4 is 15.8 Å². The number of H-pyrrole nitrogens is 1. The molecule has 18 heavy (non-hydrogen) atoms. The topological polar surface area (TPSA) is 106 Å². The third-order valence-electron chi connectivity index (χ3n) is 2.01. The molecule has 2 heterocycles. The highest BCUT2D eigenvalue weighted by molar-refractivity contribution is 5.90. The number of aromatic amines is 1. The molecule has 0 radical (unpaired) electrons. The van der Waals surface area contributed by atoms with Gasteiger partial charge in [0.2, 0.25) is 5.88 Å². The Kier molecular flexibility index (Phi) is 3.22. The summed E-state index contributed by atoms with van der Waals surface area (Å²) in [6.45, 7) is -0.749. The van der Waals surface area contributed by atoms with E-state index in [2.05, 4.69) is 20.5 Å². The van der Waals surface area contributed by atoms with Crippen LogP contribution in [-0.2, 0) is 0 Å². The number of nitrogens with zero attached hydrogens (tertiary/aromatic N) is 2. The number of anilines is 1. The molecule has 2 aromatic heterocycles. The zero-order valence-electron chi connectivity index (χ0n) is 8.98. The molecule has 0 fully saturated rings. The van der Waals surface area contributed by atoms with E-state index in [-0.39, 0.29) is 11.7 Å². The maximum Gasteiger partial charge on any atom is 0.317 e. The minimum absolute atomic E-state index is 0.0309. The minimum atomic E-state index is -2.58. The van der Waals surface area contributed by atoms with Crippen LogP contribution in [0.1, 0.15) is 0 Å². The Morgan fingerprint density at radius 2 is 2.39 bits per heavy atom. The number of nitrogens with one attached hydrogen (secondary N) is 2. The minimum Gasteiger partial charge on any atom is -0.470 e. The molecular weight excluding hydrogens is 248 g/mol. The van der Waals surface area contributed by atoms with Crippen LogP contribution in [0.25, 0.3) is 10.9 Å². The number of ether oxygens (including phenoxy) is 1. The first-order valence-electron chi connectivity index (χ1n) is 4.88. The summed E-state index contributed by atoms with van der Waals surface area (Å²) in [5.74, 6) is 0.252. The van der Waals surface area contributed by atoms with Gasteiger partial charge in [-0.05, 0) is 0 Å². The number of hydrogen-bond donors (Lipinski definition) is 3. The number of halogens is 2. The third kappa shape index (κ3) is 2.62. The Morgan fingerprint density at radius 3 is 3.06 bits per heavy atom. The van der Waals surface area contributed by atoms with Crippen LogP contribution in [0, 0.1) is 0 Å². The Morgan fingerprint density at radius 1 is 1.61 bits per heavy atom. The third-order valence-corrected chi connectivity index (χ3v) is 2.01. The molecular formula is C9H9F2N5O2. The highest BCUT2D eigenvalue weighted by atomic mass is 19.3. The van der Waals surface area contributed by atoms with Gasteiger partial charge in [-0.2, -0.15) is 0 Å². The van der Waals surface area contributed by atoms with E-state index in [9.17, 15) is 13.6 Å². The normalized spacial score (nSPS) is 10.8. The van der Waals surface area contributed by atoms with Crippen molar-refractivity contribution in [3.05, 3.63) is 12.3 Å². The number of hydrogen-bond acceptors (Lipinski definition) is 4. The number of nitrogens with two attached hydrogens (primary N) is 1. The van der Waals surface area contributed by atoms with Crippen molar-refractivity contribution in [2.24, 2.45) is 5.73 Å². The molecule has 2 amide bonds. The Bertz CT molecular complexity index is 571. The van der Waals surface area contributed by atoms with E-state index in [4.69, 9.17) is 10.5 Å². The highest BCUT2D eigenvalue weighted by Crippen LogP contribution is 2.23. The van der Waals surface area contributed by atoms with Crippen LogP contribution in [0.4, 0.5) is 19.4 Å². The predicted octanol–water partition coefficient (Wildman–Crippen LogP) is 1.09. The van der Waals surface area contributed by atoms with Crippen molar-refractivity contribution >= 4 is 22.8 Å². The maximum absolute atomic E-state index is 12.0. The molecule has 96 valence electrons. The van der Waals surface area contributed by atoms with Gasteiger partial charge < -0.3 is 10.5 Å². The van der Waals surface area contributed by atoms with Crippen molar-refractivity contribution in [1.82, 2.24) is 15.2 Å². The number of carbonyl (C=O) groups is 1. The Labute approximate surface area is 99.3 Å². The van der Waals surface area contributed by atoms with Gasteiger partial charge in [0, 0.05) is 12.3 Å². The molecule has 2 rings (SSSR count). The molecule has 7 nitrogen and oxygen atoms in total. The van der Waals surface area contributed by atoms with Crippen molar-refractivity contribution < 1.29 is 18.3 Å². The molecule has 2 aromatic rings. The molecule has 0 atom stereocenters. The Hall–Kier alpha value is -2.45. The molecule has 0 aliphatic heterocycles. The molecule has 0 unspecified atom stereocenters. The molecule has 0 saturated carbocycles. The number of alkyl halides is 2. The first-order chi connectivity index (χ1) is 8.56. The molecule has 0 bridgehead atoms. The lowest BCUT2D eigenvalue weighted by atomic mass is 10.3. The Balaban J connectivity index is 2.23. The van der Waals surface area contributed by atoms with E-state index in [0.717, 1.165) is 0 Å². The monoisotopic (exact) mass is 257 g/mol. The van der Waals surface area contributed by atoms with E-state index in [1.54, 1.807) is 0 Å². The van der Waals surface area contributed by atoms with Crippen LogP contribution in [0.2, 0.25) is 0 Å². The maximum atomic E-state index is 12.0. The van der Waals surface area contributed by atoms with Crippen molar-refractivity contribution in [3.63, 3.8) is 0 Å². The van der Waals surface area contributed by atoms with Gasteiger partial charge in [-0.15, -0.1) is 5.10 Å². The number of primary amides is 1. The van der Waals surface area contributed by atoms with E-state index in [1.165, 1.54) is 12.3 Å². The lowest BCUT2D eigenvalue weighted by Gasteiger charge is -2.02. The van der Waals surface area contributed by atoms with Gasteiger partial charge in [-0.1, -0.05) is 0 Å². The van der Waals surface area contributed by atoms with Gasteiger partial charge in [0.15, 0.2) is 6.61 Å². The number of aromatic nitrogens is 3. The molecule has 0 aliphatic rings. The largest absolute Gasteiger partial charge is 0.470 e. The summed E-state index contributed by atoms with van der Waals surface area (Å²) in [6, 6.07) is 0.707. The summed E-state index contributed by atoms with van der Waals surface area (Å²) in [7, 11) is 0. The average molecular weight is 257 g/mol. The van der Waals surface area contributed by atoms with Crippen molar-refractivity contribution in [1.29, 1.82) is 0 Å². The fraction of sp³-hybridized carbons (Fsp3) is 0.222. The van der Waals surface area contributed by atoms with Crippen LogP contribution in [-0.4, -0.2) is 34.2 Å². The number of urea groups is 1. The summed E-state index contributed by atoms with van der Waals surface area (Å²) >= 11 is 0. The highest BCUT2D eigenvalue weighted by Gasteiger charge is 2.11. The van der Waals surface area contributed by atoms with Gasteiger partial charge in [-0.3, -0.25) is 10.4 Å². The number of carbonyl (C=O) groups excluding carboxylic acids is 1. The van der Waals surface area contributed by atoms with Crippen molar-refractivity contribution in [2.75, 3.05) is 11.9 Å². The van der Waals surface area contributed by atoms with E-state index in [1.807, 2.05) is 0 Å². The standard InChI is InChI=1S/C9H9F2N5O2/c10-6(11)3-18-8-4-2-13-7(14-9(12)17)1-5(4)15-16-8/h1-2,6H,3H2,(H,15,16)(H3,12,13,14,17). The zero-order valence-corrected chi connectivity index (χ0v) is 8.98. The summed E-state index contributed by atoms with van der Waals surface area (Å²) in [6.07, 6.45) is -1.24. The van der Waals surface area contributed by atoms with Gasteiger partial charge in [0.05, 0.1) is 10.9 Å². The fourth-order valence-corrected chi connectivity index (χ4v) is 1.34. The molecule has 9 heteroatoms. The predicted molar refractivity (Wildman–Crippen MR) is 58.6 cm³/mol. The number of fused-ring (bicyclic) bond motifs is 1. The van der Waals surface area contributed by atoms with Crippen LogP contribution in [0.5, 0.6) is 5.88 Å². The number of pyridine rings is 1. The second-order valence-corrected chi connectivity index (χ2v) is 3.34. The van der Waals surface area contributed by atoms with Crippen LogP contribution >= 0.6 is 0 Å². The lowest BCUT2D eigenvalue weighted by Crippen LogP contribution is -2.19. The van der Waals surface area contributed by atoms with E-state index in [0.29, 0.717) is 10.9 Å². The second kappa shape index (κ2) is 4.82. The van der Waals surface area contributed by atoms with E-state index < -0.39 is 19.1 Å². The summed E-state index contributed by atoms with van der Waals surface area (Å²) in [5, 5.41) is 9.01. The average Bonchev–Trinajstić information content (AvgIpc) is 2.68. The fourth-order valence-electron chi connectivity index (χ4n) is 1.34. The first-order valence-corrected chi connectivity index (χ1v) is 4.88. The summed E-state index contributed by atoms with van der Waals surface area (Å²) in [4.78, 5) is 14.5. The van der Waals surface area contributed by atoms with Gasteiger partial charge in [0.1, 0.15) is 5.82 Å². The SMILES string of the molecule is NC(=O)Nc1cc2[nH]nc(OCC(F)F)c2cn1. The number of amides is 2. The quantitative estimate of drug-likeness (QED) is 0.762. The van der Waals surface area contributed by atoms with Crippen LogP contribution in [0.15, 0.2) is 12.3 Å². The summed E-state index contributed by atoms with van der Waals surface area (Å²) < 4.78 is 28.8. The van der Waals surface area contributed by atoms with Crippen LogP contribution in [0.3, 0.4) is 0 Å². The lowest BCUT2D eigenvalue weighted by molar-refractivity contribution is 0.0803. The molecule has 0 aromatic carbocycles.